The van der Waals surface area contributed by atoms with Gasteiger partial charge in [-0.3, -0.25) is 0 Å². The molecule has 0 saturated carbocycles. The Morgan fingerprint density at radius 3 is 2.90 bits per heavy atom. The van der Waals surface area contributed by atoms with Gasteiger partial charge < -0.3 is 10.6 Å². The highest BCUT2D eigenvalue weighted by atomic mass is 79.9. The van der Waals surface area contributed by atoms with Gasteiger partial charge in [0.15, 0.2) is 0 Å². The van der Waals surface area contributed by atoms with Crippen LogP contribution < -0.4 is 10.5 Å². The van der Waals surface area contributed by atoms with E-state index < -0.39 is 10.0 Å². The lowest BCUT2D eigenvalue weighted by Gasteiger charge is -2.35. The van der Waals surface area contributed by atoms with Crippen LogP contribution in [0.5, 0.6) is 0 Å². The van der Waals surface area contributed by atoms with Gasteiger partial charge in [0.2, 0.25) is 10.0 Å². The number of fused-ring (bicyclic) bond motifs is 1. The molecule has 0 aliphatic carbocycles. The van der Waals surface area contributed by atoms with E-state index in [9.17, 15) is 8.42 Å². The van der Waals surface area contributed by atoms with E-state index in [0.29, 0.717) is 10.5 Å². The number of nitrogen functional groups attached to an aromatic ring is 1. The van der Waals surface area contributed by atoms with Gasteiger partial charge in [-0.25, -0.2) is 13.1 Å². The lowest BCUT2D eigenvalue weighted by atomic mass is 9.99. The number of sulfonamides is 1. The smallest absolute Gasteiger partial charge is 0.242 e. The molecule has 3 N–H and O–H groups in total. The van der Waals surface area contributed by atoms with Gasteiger partial charge in [0.05, 0.1) is 5.69 Å². The highest BCUT2D eigenvalue weighted by Crippen LogP contribution is 2.29. The molecule has 2 heterocycles. The van der Waals surface area contributed by atoms with Crippen LogP contribution in [0.3, 0.4) is 0 Å². The molecule has 2 unspecified atom stereocenters. The number of halogens is 1. The van der Waals surface area contributed by atoms with Gasteiger partial charge in [0, 0.05) is 16.6 Å². The quantitative estimate of drug-likeness (QED) is 0.793. The molecule has 1 aromatic carbocycles. The fourth-order valence-electron chi connectivity index (χ4n) is 3.36. The normalized spacial score (nSPS) is 26.7. The zero-order valence-electron chi connectivity index (χ0n) is 11.8. The highest BCUT2D eigenvalue weighted by molar-refractivity contribution is 9.10. The molecular weight excluding hydrogens is 354 g/mol. The predicted octanol–water partition coefficient (Wildman–Crippen LogP) is 1.94. The van der Waals surface area contributed by atoms with Crippen LogP contribution in [0.2, 0.25) is 0 Å². The summed E-state index contributed by atoms with van der Waals surface area (Å²) in [6.07, 6.45) is 4.16. The first-order valence-electron chi connectivity index (χ1n) is 7.27. The van der Waals surface area contributed by atoms with Gasteiger partial charge in [0.25, 0.3) is 0 Å². The second-order valence-corrected chi connectivity index (χ2v) is 8.45. The van der Waals surface area contributed by atoms with Crippen LogP contribution in [-0.4, -0.2) is 38.5 Å². The summed E-state index contributed by atoms with van der Waals surface area (Å²) in [4.78, 5) is 2.63. The number of benzene rings is 1. The summed E-state index contributed by atoms with van der Waals surface area (Å²) < 4.78 is 28.6. The van der Waals surface area contributed by atoms with Crippen LogP contribution in [0.25, 0.3) is 0 Å². The van der Waals surface area contributed by atoms with Crippen molar-refractivity contribution in [3.05, 3.63) is 22.7 Å². The molecule has 1 aromatic rings. The first kappa shape index (κ1) is 15.3. The molecule has 0 radical (unpaired) electrons. The average molecular weight is 374 g/mol. The van der Waals surface area contributed by atoms with E-state index in [1.165, 1.54) is 12.8 Å². The monoisotopic (exact) mass is 373 g/mol. The van der Waals surface area contributed by atoms with Crippen LogP contribution in [0.4, 0.5) is 5.69 Å². The third kappa shape index (κ3) is 3.26. The van der Waals surface area contributed by atoms with Crippen LogP contribution >= 0.6 is 15.9 Å². The van der Waals surface area contributed by atoms with E-state index >= 15 is 0 Å². The minimum absolute atomic E-state index is 0.00716. The molecule has 21 heavy (non-hydrogen) atoms. The molecule has 0 spiro atoms. The van der Waals surface area contributed by atoms with E-state index in [1.807, 2.05) is 0 Å². The van der Waals surface area contributed by atoms with Crippen molar-refractivity contribution >= 4 is 31.6 Å². The summed E-state index contributed by atoms with van der Waals surface area (Å²) in [7, 11) is -3.57. The molecule has 116 valence electrons. The highest BCUT2D eigenvalue weighted by Gasteiger charge is 2.33. The molecule has 2 saturated heterocycles. The standard InChI is InChI=1S/C14H20BrN3O2S/c15-10-3-4-13(16)14(8-10)21(19,20)17-11-5-7-18-6-1-2-12(18)9-11/h3-4,8,11-12,17H,1-2,5-7,9,16H2. The van der Waals surface area contributed by atoms with Crippen molar-refractivity contribution in [1.29, 1.82) is 0 Å². The molecule has 2 fully saturated rings. The largest absolute Gasteiger partial charge is 0.398 e. The number of hydrogen-bond acceptors (Lipinski definition) is 4. The Morgan fingerprint density at radius 1 is 1.29 bits per heavy atom. The Bertz CT molecular complexity index is 635. The van der Waals surface area contributed by atoms with E-state index in [1.54, 1.807) is 18.2 Å². The number of nitrogens with two attached hydrogens (primary N) is 1. The maximum atomic E-state index is 12.5. The Hall–Kier alpha value is -0.630. The zero-order valence-corrected chi connectivity index (χ0v) is 14.2. The van der Waals surface area contributed by atoms with Crippen LogP contribution in [0.15, 0.2) is 27.6 Å². The minimum atomic E-state index is -3.57. The molecular formula is C14H20BrN3O2S. The van der Waals surface area contributed by atoms with Crippen molar-refractivity contribution in [1.82, 2.24) is 9.62 Å². The molecule has 2 aliphatic heterocycles. The third-order valence-corrected chi connectivity index (χ3v) is 6.48. The Labute approximate surface area is 134 Å². The predicted molar refractivity (Wildman–Crippen MR) is 86.5 cm³/mol. The fraction of sp³-hybridized carbons (Fsp3) is 0.571. The molecule has 2 atom stereocenters. The van der Waals surface area contributed by atoms with Crippen molar-refractivity contribution in [2.75, 3.05) is 18.8 Å². The average Bonchev–Trinajstić information content (AvgIpc) is 2.88. The minimum Gasteiger partial charge on any atom is -0.398 e. The lowest BCUT2D eigenvalue weighted by Crippen LogP contribution is -2.47. The maximum Gasteiger partial charge on any atom is 0.242 e. The maximum absolute atomic E-state index is 12.5. The first-order valence-corrected chi connectivity index (χ1v) is 9.55. The van der Waals surface area contributed by atoms with E-state index in [-0.39, 0.29) is 16.6 Å². The third-order valence-electron chi connectivity index (χ3n) is 4.41. The van der Waals surface area contributed by atoms with Gasteiger partial charge >= 0.3 is 0 Å². The van der Waals surface area contributed by atoms with Crippen molar-refractivity contribution < 1.29 is 8.42 Å². The summed E-state index contributed by atoms with van der Waals surface area (Å²) in [5.41, 5.74) is 6.10. The van der Waals surface area contributed by atoms with Crippen LogP contribution in [-0.2, 0) is 10.0 Å². The summed E-state index contributed by atoms with van der Waals surface area (Å²) in [5.74, 6) is 0. The van der Waals surface area contributed by atoms with Gasteiger partial charge in [-0.15, -0.1) is 0 Å². The van der Waals surface area contributed by atoms with Crippen molar-refractivity contribution in [3.8, 4) is 0 Å². The fourth-order valence-corrected chi connectivity index (χ4v) is 5.31. The van der Waals surface area contributed by atoms with Gasteiger partial charge in [0.1, 0.15) is 4.90 Å². The molecule has 2 aliphatic rings. The lowest BCUT2D eigenvalue weighted by molar-refractivity contribution is 0.176. The summed E-state index contributed by atoms with van der Waals surface area (Å²) in [5, 5.41) is 0. The van der Waals surface area contributed by atoms with E-state index in [4.69, 9.17) is 5.73 Å². The second-order valence-electron chi connectivity index (χ2n) is 5.86. The van der Waals surface area contributed by atoms with E-state index in [0.717, 1.165) is 25.9 Å². The van der Waals surface area contributed by atoms with Crippen molar-refractivity contribution in [2.45, 2.75) is 42.7 Å². The van der Waals surface area contributed by atoms with Gasteiger partial charge in [-0.2, -0.15) is 0 Å². The number of piperidine rings is 1. The number of rotatable bonds is 3. The molecule has 0 amide bonds. The first-order chi connectivity index (χ1) is 9.95. The molecule has 0 aromatic heterocycles. The van der Waals surface area contributed by atoms with Crippen LogP contribution in [0.1, 0.15) is 25.7 Å². The SMILES string of the molecule is Nc1ccc(Br)cc1S(=O)(=O)NC1CCN2CCCC2C1. The Balaban J connectivity index is 1.75. The van der Waals surface area contributed by atoms with Crippen molar-refractivity contribution in [3.63, 3.8) is 0 Å². The Kier molecular flexibility index (Phi) is 4.27. The molecule has 0 bridgehead atoms. The molecule has 7 heteroatoms. The number of nitrogens with zero attached hydrogens (tertiary/aromatic N) is 1. The summed E-state index contributed by atoms with van der Waals surface area (Å²) >= 11 is 3.30. The second kappa shape index (κ2) is 5.87. The Morgan fingerprint density at radius 2 is 2.10 bits per heavy atom. The molecule has 5 nitrogen and oxygen atoms in total. The number of anilines is 1. The summed E-state index contributed by atoms with van der Waals surface area (Å²) in [6.45, 7) is 2.13. The zero-order chi connectivity index (χ0) is 15.0. The van der Waals surface area contributed by atoms with Crippen LogP contribution in [0, 0.1) is 0 Å². The van der Waals surface area contributed by atoms with Gasteiger partial charge in [-0.05, 0) is 57.0 Å². The topological polar surface area (TPSA) is 75.4 Å². The van der Waals surface area contributed by atoms with Crippen molar-refractivity contribution in [2.24, 2.45) is 0 Å². The number of nitrogens with one attached hydrogen (secondary N) is 1. The number of hydrogen-bond donors (Lipinski definition) is 2. The molecule has 3 rings (SSSR count). The van der Waals surface area contributed by atoms with E-state index in [2.05, 4.69) is 25.6 Å². The van der Waals surface area contributed by atoms with Gasteiger partial charge in [-0.1, -0.05) is 15.9 Å². The summed E-state index contributed by atoms with van der Waals surface area (Å²) in [6, 6.07) is 5.45.